The molecule has 1 heterocycles. The van der Waals surface area contributed by atoms with Crippen LogP contribution in [0.15, 0.2) is 30.3 Å². The molecule has 166 valence electrons. The summed E-state index contributed by atoms with van der Waals surface area (Å²) in [5.74, 6) is -0.376. The van der Waals surface area contributed by atoms with Crippen molar-refractivity contribution in [2.24, 2.45) is 0 Å². The predicted molar refractivity (Wildman–Crippen MR) is 136 cm³/mol. The fourth-order valence-corrected chi connectivity index (χ4v) is 5.20. The van der Waals surface area contributed by atoms with Crippen molar-refractivity contribution in [3.8, 4) is 11.1 Å². The first-order valence-electron chi connectivity index (χ1n) is 10.5. The minimum Gasteiger partial charge on any atom is -0.462 e. The summed E-state index contributed by atoms with van der Waals surface area (Å²) in [6.07, 6.45) is 6.00. The highest BCUT2D eigenvalue weighted by Crippen LogP contribution is 2.40. The Bertz CT molecular complexity index is 924. The van der Waals surface area contributed by atoms with Gasteiger partial charge < -0.3 is 15.4 Å². The molecular weight excluding hydrogens is 448 g/mol. The molecular formula is C22H28N4O2S3. The van der Waals surface area contributed by atoms with Crippen molar-refractivity contribution in [2.45, 2.75) is 52.0 Å². The van der Waals surface area contributed by atoms with E-state index in [0.717, 1.165) is 28.8 Å². The van der Waals surface area contributed by atoms with E-state index in [9.17, 15) is 4.79 Å². The molecule has 0 radical (unpaired) electrons. The Morgan fingerprint density at radius 3 is 2.45 bits per heavy atom. The van der Waals surface area contributed by atoms with Crippen molar-refractivity contribution in [1.82, 2.24) is 16.2 Å². The first-order valence-corrected chi connectivity index (χ1v) is 12.1. The third kappa shape index (κ3) is 6.38. The topological polar surface area (TPSA) is 74.4 Å². The lowest BCUT2D eigenvalue weighted by molar-refractivity contribution is 0.0529. The molecule has 0 spiro atoms. The molecule has 6 nitrogen and oxygen atoms in total. The van der Waals surface area contributed by atoms with Crippen molar-refractivity contribution < 1.29 is 9.53 Å². The van der Waals surface area contributed by atoms with Gasteiger partial charge in [0.1, 0.15) is 10.6 Å². The second-order valence-electron chi connectivity index (χ2n) is 7.34. The molecule has 0 saturated heterocycles. The van der Waals surface area contributed by atoms with Gasteiger partial charge in [-0.15, -0.1) is 11.3 Å². The van der Waals surface area contributed by atoms with Gasteiger partial charge in [-0.3, -0.25) is 10.9 Å². The lowest BCUT2D eigenvalue weighted by Gasteiger charge is -2.24. The molecule has 1 aliphatic carbocycles. The number of ether oxygens (including phenoxy) is 1. The van der Waals surface area contributed by atoms with Crippen LogP contribution >= 0.6 is 35.8 Å². The number of thiocarbonyl (C=S) groups is 2. The van der Waals surface area contributed by atoms with Gasteiger partial charge in [-0.25, -0.2) is 4.79 Å². The van der Waals surface area contributed by atoms with Crippen LogP contribution in [-0.4, -0.2) is 28.8 Å². The van der Waals surface area contributed by atoms with Crippen LogP contribution in [0.5, 0.6) is 0 Å². The Morgan fingerprint density at radius 2 is 1.77 bits per heavy atom. The number of hydrazine groups is 1. The summed E-state index contributed by atoms with van der Waals surface area (Å²) in [5, 5.41) is 7.91. The van der Waals surface area contributed by atoms with E-state index in [0.29, 0.717) is 33.4 Å². The highest BCUT2D eigenvalue weighted by Gasteiger charge is 2.25. The van der Waals surface area contributed by atoms with E-state index >= 15 is 0 Å². The fraction of sp³-hybridized carbons (Fsp3) is 0.409. The average Bonchev–Trinajstić information content (AvgIpc) is 3.09. The van der Waals surface area contributed by atoms with Gasteiger partial charge in [0, 0.05) is 16.5 Å². The van der Waals surface area contributed by atoms with Crippen LogP contribution in [0.4, 0.5) is 5.00 Å². The number of rotatable bonds is 5. The van der Waals surface area contributed by atoms with Gasteiger partial charge in [-0.05, 0) is 56.7 Å². The quantitative estimate of drug-likeness (QED) is 0.276. The first kappa shape index (κ1) is 23.4. The number of carbonyl (C=O) groups is 1. The molecule has 9 heteroatoms. The summed E-state index contributed by atoms with van der Waals surface area (Å²) in [5.41, 5.74) is 8.15. The number of hydrogen-bond donors (Lipinski definition) is 4. The zero-order chi connectivity index (χ0) is 22.2. The number of anilines is 1. The summed E-state index contributed by atoms with van der Waals surface area (Å²) in [7, 11) is 0. The minimum absolute atomic E-state index is 0.298. The van der Waals surface area contributed by atoms with Gasteiger partial charge in [-0.1, -0.05) is 49.6 Å². The molecule has 2 aromatic rings. The standard InChI is InChI=1S/C22H28N4O2S3/c1-3-28-20(27)18-17(15-10-6-4-7-11-15)14(2)31-19(18)24-22(30)26-25-21(29)23-16-12-8-5-9-13-16/h4,6-7,10-11,16H,3,5,8-9,12-13H2,1-2H3,(H2,23,25,29)(H2,24,26,30). The van der Waals surface area contributed by atoms with E-state index in [1.54, 1.807) is 6.92 Å². The predicted octanol–water partition coefficient (Wildman–Crippen LogP) is 4.90. The first-order chi connectivity index (χ1) is 15.0. The zero-order valence-corrected chi connectivity index (χ0v) is 20.2. The third-order valence-electron chi connectivity index (χ3n) is 5.08. The number of esters is 1. The smallest absolute Gasteiger partial charge is 0.341 e. The Hall–Kier alpha value is -2.23. The Labute approximate surface area is 198 Å². The Balaban J connectivity index is 1.69. The van der Waals surface area contributed by atoms with Crippen LogP contribution < -0.4 is 21.5 Å². The summed E-state index contributed by atoms with van der Waals surface area (Å²) < 4.78 is 5.33. The van der Waals surface area contributed by atoms with E-state index in [1.807, 2.05) is 37.3 Å². The molecule has 4 N–H and O–H groups in total. The molecule has 1 aromatic heterocycles. The van der Waals surface area contributed by atoms with Crippen molar-refractivity contribution in [1.29, 1.82) is 0 Å². The molecule has 31 heavy (non-hydrogen) atoms. The summed E-state index contributed by atoms with van der Waals surface area (Å²) in [6, 6.07) is 10.2. The highest BCUT2D eigenvalue weighted by atomic mass is 32.1. The number of nitrogens with one attached hydrogen (secondary N) is 4. The summed E-state index contributed by atoms with van der Waals surface area (Å²) in [4.78, 5) is 13.8. The number of hydrogen-bond acceptors (Lipinski definition) is 5. The van der Waals surface area contributed by atoms with Crippen LogP contribution in [0, 0.1) is 6.92 Å². The second-order valence-corrected chi connectivity index (χ2v) is 9.38. The van der Waals surface area contributed by atoms with Crippen LogP contribution in [-0.2, 0) is 4.74 Å². The van der Waals surface area contributed by atoms with E-state index in [2.05, 4.69) is 21.5 Å². The number of aryl methyl sites for hydroxylation is 1. The van der Waals surface area contributed by atoms with Gasteiger partial charge in [-0.2, -0.15) is 0 Å². The summed E-state index contributed by atoms with van der Waals surface area (Å²) >= 11 is 12.3. The molecule has 0 unspecified atom stereocenters. The number of benzene rings is 1. The van der Waals surface area contributed by atoms with E-state index < -0.39 is 0 Å². The largest absolute Gasteiger partial charge is 0.462 e. The maximum Gasteiger partial charge on any atom is 0.341 e. The average molecular weight is 477 g/mol. The summed E-state index contributed by atoms with van der Waals surface area (Å²) in [6.45, 7) is 4.08. The SMILES string of the molecule is CCOC(=O)c1c(NC(=S)NNC(=S)NC2CCCCC2)sc(C)c1-c1ccccc1. The lowest BCUT2D eigenvalue weighted by Crippen LogP contribution is -2.51. The van der Waals surface area contributed by atoms with Gasteiger partial charge in [0.15, 0.2) is 10.2 Å². The van der Waals surface area contributed by atoms with E-state index in [1.165, 1.54) is 30.6 Å². The van der Waals surface area contributed by atoms with Crippen molar-refractivity contribution >= 4 is 57.0 Å². The zero-order valence-electron chi connectivity index (χ0n) is 17.7. The third-order valence-corrected chi connectivity index (χ3v) is 6.53. The van der Waals surface area contributed by atoms with Crippen LogP contribution in [0.1, 0.15) is 54.3 Å². The maximum atomic E-state index is 12.8. The fourth-order valence-electron chi connectivity index (χ4n) is 3.70. The maximum absolute atomic E-state index is 12.8. The Morgan fingerprint density at radius 1 is 1.10 bits per heavy atom. The molecule has 0 atom stereocenters. The molecule has 0 aliphatic heterocycles. The normalized spacial score (nSPS) is 13.9. The van der Waals surface area contributed by atoms with Crippen LogP contribution in [0.2, 0.25) is 0 Å². The molecule has 1 saturated carbocycles. The Kier molecular flexibility index (Phi) is 8.62. The van der Waals surface area contributed by atoms with Crippen molar-refractivity contribution in [3.63, 3.8) is 0 Å². The molecule has 1 fully saturated rings. The van der Waals surface area contributed by atoms with Crippen LogP contribution in [0.3, 0.4) is 0 Å². The number of carbonyl (C=O) groups excluding carboxylic acids is 1. The monoisotopic (exact) mass is 476 g/mol. The highest BCUT2D eigenvalue weighted by molar-refractivity contribution is 7.80. The van der Waals surface area contributed by atoms with Gasteiger partial charge >= 0.3 is 5.97 Å². The molecule has 1 aromatic carbocycles. The number of thiophene rings is 1. The van der Waals surface area contributed by atoms with Crippen molar-refractivity contribution in [3.05, 3.63) is 40.8 Å². The van der Waals surface area contributed by atoms with Crippen LogP contribution in [0.25, 0.3) is 11.1 Å². The minimum atomic E-state index is -0.376. The molecule has 0 amide bonds. The van der Waals surface area contributed by atoms with E-state index in [4.69, 9.17) is 29.2 Å². The van der Waals surface area contributed by atoms with Gasteiger partial charge in [0.25, 0.3) is 0 Å². The molecule has 1 aliphatic rings. The van der Waals surface area contributed by atoms with Crippen molar-refractivity contribution in [2.75, 3.05) is 11.9 Å². The van der Waals surface area contributed by atoms with Gasteiger partial charge in [0.05, 0.1) is 6.61 Å². The second kappa shape index (κ2) is 11.4. The molecule has 0 bridgehead atoms. The molecule has 3 rings (SSSR count). The van der Waals surface area contributed by atoms with E-state index in [-0.39, 0.29) is 5.97 Å². The van der Waals surface area contributed by atoms with Gasteiger partial charge in [0.2, 0.25) is 0 Å². The lowest BCUT2D eigenvalue weighted by atomic mass is 9.96.